The van der Waals surface area contributed by atoms with Crippen molar-refractivity contribution in [1.29, 1.82) is 0 Å². The number of ether oxygens (including phenoxy) is 3. The summed E-state index contributed by atoms with van der Waals surface area (Å²) in [4.78, 5) is 11.5. The number of hydrogen-bond donors (Lipinski definition) is 3. The van der Waals surface area contributed by atoms with E-state index in [1.807, 2.05) is 13.8 Å². The van der Waals surface area contributed by atoms with Crippen LogP contribution < -0.4 is 5.32 Å². The smallest absolute Gasteiger partial charge is 0.219 e. The van der Waals surface area contributed by atoms with Crippen LogP contribution in [0.25, 0.3) is 0 Å². The van der Waals surface area contributed by atoms with Gasteiger partial charge in [-0.15, -0.1) is 0 Å². The number of carbonyl (C=O) groups excluding carboxylic acids is 1. The van der Waals surface area contributed by atoms with Gasteiger partial charge in [0.2, 0.25) is 5.91 Å². The SMILES string of the molecule is CCC(=O)NCC(C)(CC)COCC(C)(C)COC1O[C@H](CO)C[C@H](O)[C@H]1C. The van der Waals surface area contributed by atoms with Crippen LogP contribution >= 0.6 is 0 Å². The number of carbonyl (C=O) groups is 1. The molecule has 1 saturated heterocycles. The summed E-state index contributed by atoms with van der Waals surface area (Å²) in [7, 11) is 0. The number of amides is 1. The van der Waals surface area contributed by atoms with E-state index >= 15 is 0 Å². The lowest BCUT2D eigenvalue weighted by atomic mass is 9.88. The van der Waals surface area contributed by atoms with Gasteiger partial charge in [0.1, 0.15) is 0 Å². The van der Waals surface area contributed by atoms with E-state index < -0.39 is 12.4 Å². The third-order valence-electron chi connectivity index (χ3n) is 5.54. The highest BCUT2D eigenvalue weighted by Gasteiger charge is 2.36. The molecule has 0 bridgehead atoms. The molecule has 0 aromatic rings. The van der Waals surface area contributed by atoms with Crippen molar-refractivity contribution in [1.82, 2.24) is 5.32 Å². The minimum atomic E-state index is -0.543. The van der Waals surface area contributed by atoms with Crippen LogP contribution in [0.3, 0.4) is 0 Å². The van der Waals surface area contributed by atoms with Crippen molar-refractivity contribution in [3.63, 3.8) is 0 Å². The number of aliphatic hydroxyl groups is 2. The predicted molar refractivity (Wildman–Crippen MR) is 108 cm³/mol. The Balaban J connectivity index is 2.45. The molecule has 28 heavy (non-hydrogen) atoms. The van der Waals surface area contributed by atoms with E-state index in [2.05, 4.69) is 33.0 Å². The minimum Gasteiger partial charge on any atom is -0.394 e. The van der Waals surface area contributed by atoms with Gasteiger partial charge >= 0.3 is 0 Å². The molecule has 0 saturated carbocycles. The van der Waals surface area contributed by atoms with E-state index in [1.54, 1.807) is 0 Å². The van der Waals surface area contributed by atoms with Crippen LogP contribution in [0.2, 0.25) is 0 Å². The van der Waals surface area contributed by atoms with Gasteiger partial charge in [0.05, 0.1) is 38.6 Å². The second-order valence-electron chi connectivity index (χ2n) is 9.23. The molecule has 1 rings (SSSR count). The van der Waals surface area contributed by atoms with Gasteiger partial charge in [-0.25, -0.2) is 0 Å². The first-order valence-corrected chi connectivity index (χ1v) is 10.5. The highest BCUT2D eigenvalue weighted by molar-refractivity contribution is 5.75. The Kier molecular flexibility index (Phi) is 10.4. The van der Waals surface area contributed by atoms with E-state index in [1.165, 1.54) is 0 Å². The molecule has 0 aromatic heterocycles. The van der Waals surface area contributed by atoms with Gasteiger partial charge in [-0.3, -0.25) is 4.79 Å². The Morgan fingerprint density at radius 2 is 1.89 bits per heavy atom. The van der Waals surface area contributed by atoms with Crippen molar-refractivity contribution < 1.29 is 29.2 Å². The summed E-state index contributed by atoms with van der Waals surface area (Å²) in [5, 5.41) is 22.4. The van der Waals surface area contributed by atoms with Crippen molar-refractivity contribution in [2.24, 2.45) is 16.7 Å². The Bertz CT molecular complexity index is 472. The maximum Gasteiger partial charge on any atom is 0.219 e. The molecule has 3 N–H and O–H groups in total. The van der Waals surface area contributed by atoms with E-state index in [4.69, 9.17) is 14.2 Å². The topological polar surface area (TPSA) is 97.3 Å². The minimum absolute atomic E-state index is 0.0541. The second kappa shape index (κ2) is 11.5. The zero-order valence-electron chi connectivity index (χ0n) is 18.5. The largest absolute Gasteiger partial charge is 0.394 e. The molecule has 5 atom stereocenters. The standard InChI is InChI=1S/C21H41NO6/c1-7-18(25)22-11-21(6,8-2)14-26-12-20(4,5)13-27-19-15(3)17(24)9-16(10-23)28-19/h15-17,19,23-24H,7-14H2,1-6H3,(H,22,25)/t15-,16+,17+,19?,21?/m1/s1. The maximum atomic E-state index is 11.5. The third-order valence-corrected chi connectivity index (χ3v) is 5.54. The molecule has 2 unspecified atom stereocenters. The molecule has 1 fully saturated rings. The summed E-state index contributed by atoms with van der Waals surface area (Å²) in [6.45, 7) is 14.0. The van der Waals surface area contributed by atoms with Crippen LogP contribution in [0.1, 0.15) is 60.8 Å². The molecule has 7 heteroatoms. The molecule has 1 amide bonds. The van der Waals surface area contributed by atoms with Gasteiger partial charge in [0.25, 0.3) is 0 Å². The average molecular weight is 404 g/mol. The third kappa shape index (κ3) is 8.33. The molecule has 0 spiro atoms. The van der Waals surface area contributed by atoms with Crippen molar-refractivity contribution in [3.05, 3.63) is 0 Å². The number of aliphatic hydroxyl groups excluding tert-OH is 2. The summed E-state index contributed by atoms with van der Waals surface area (Å²) in [5.41, 5.74) is -0.345. The average Bonchev–Trinajstić information content (AvgIpc) is 2.66. The Hall–Kier alpha value is -0.730. The van der Waals surface area contributed by atoms with Crippen LogP contribution in [0.4, 0.5) is 0 Å². The highest BCUT2D eigenvalue weighted by atomic mass is 16.7. The van der Waals surface area contributed by atoms with E-state index in [-0.39, 0.29) is 35.4 Å². The molecule has 0 aliphatic carbocycles. The lowest BCUT2D eigenvalue weighted by Crippen LogP contribution is -2.46. The Morgan fingerprint density at radius 1 is 1.21 bits per heavy atom. The van der Waals surface area contributed by atoms with Gasteiger partial charge in [0.15, 0.2) is 6.29 Å². The fraction of sp³-hybridized carbons (Fsp3) is 0.952. The number of rotatable bonds is 12. The molecule has 0 aromatic carbocycles. The zero-order chi connectivity index (χ0) is 21.4. The molecule has 1 aliphatic rings. The zero-order valence-corrected chi connectivity index (χ0v) is 18.5. The van der Waals surface area contributed by atoms with Crippen molar-refractivity contribution in [2.75, 3.05) is 33.0 Å². The Labute approximate surface area is 170 Å². The van der Waals surface area contributed by atoms with Gasteiger partial charge in [-0.2, -0.15) is 0 Å². The lowest BCUT2D eigenvalue weighted by molar-refractivity contribution is -0.257. The first-order valence-electron chi connectivity index (χ1n) is 10.5. The van der Waals surface area contributed by atoms with Crippen molar-refractivity contribution in [3.8, 4) is 0 Å². The number of nitrogens with one attached hydrogen (secondary N) is 1. The van der Waals surface area contributed by atoms with E-state index in [0.717, 1.165) is 6.42 Å². The van der Waals surface area contributed by atoms with E-state index in [0.29, 0.717) is 39.2 Å². The molecular formula is C21H41NO6. The summed E-state index contributed by atoms with van der Waals surface area (Å²) in [6.07, 6.45) is 0.345. The molecule has 1 aliphatic heterocycles. The first kappa shape index (κ1) is 25.3. The highest BCUT2D eigenvalue weighted by Crippen LogP contribution is 2.28. The monoisotopic (exact) mass is 403 g/mol. The summed E-state index contributed by atoms with van der Waals surface area (Å²) in [5.74, 6) is -0.0940. The van der Waals surface area contributed by atoms with E-state index in [9.17, 15) is 15.0 Å². The predicted octanol–water partition coefficient (Wildman–Crippen LogP) is 2.09. The fourth-order valence-corrected chi connectivity index (χ4v) is 2.98. The van der Waals surface area contributed by atoms with Gasteiger partial charge < -0.3 is 29.7 Å². The lowest BCUT2D eigenvalue weighted by Gasteiger charge is -2.39. The maximum absolute atomic E-state index is 11.5. The van der Waals surface area contributed by atoms with Gasteiger partial charge in [0, 0.05) is 36.1 Å². The van der Waals surface area contributed by atoms with Crippen LogP contribution in [0.5, 0.6) is 0 Å². The normalized spacial score (nSPS) is 28.0. The van der Waals surface area contributed by atoms with Crippen LogP contribution in [0.15, 0.2) is 0 Å². The van der Waals surface area contributed by atoms with Crippen molar-refractivity contribution >= 4 is 5.91 Å². The number of hydrogen-bond acceptors (Lipinski definition) is 6. The van der Waals surface area contributed by atoms with Gasteiger partial charge in [-0.05, 0) is 6.42 Å². The van der Waals surface area contributed by atoms with Gasteiger partial charge in [-0.1, -0.05) is 41.5 Å². The van der Waals surface area contributed by atoms with Crippen LogP contribution in [-0.4, -0.2) is 67.6 Å². The Morgan fingerprint density at radius 3 is 2.46 bits per heavy atom. The summed E-state index contributed by atoms with van der Waals surface area (Å²) < 4.78 is 17.7. The summed E-state index contributed by atoms with van der Waals surface area (Å²) in [6, 6.07) is 0. The molecule has 0 radical (unpaired) electrons. The quantitative estimate of drug-likeness (QED) is 0.462. The van der Waals surface area contributed by atoms with Crippen LogP contribution in [0, 0.1) is 16.7 Å². The first-order chi connectivity index (χ1) is 13.1. The summed E-state index contributed by atoms with van der Waals surface area (Å²) >= 11 is 0. The van der Waals surface area contributed by atoms with Crippen molar-refractivity contribution in [2.45, 2.75) is 79.3 Å². The molecule has 1 heterocycles. The molecular weight excluding hydrogens is 362 g/mol. The van der Waals surface area contributed by atoms with Crippen LogP contribution in [-0.2, 0) is 19.0 Å². The fourth-order valence-electron chi connectivity index (χ4n) is 2.98. The second-order valence-corrected chi connectivity index (χ2v) is 9.23. The molecule has 166 valence electrons. The molecule has 7 nitrogen and oxygen atoms in total.